The molecule has 0 unspecified atom stereocenters. The maximum absolute atomic E-state index is 3.04. The van der Waals surface area contributed by atoms with Gasteiger partial charge in [0.25, 0.3) is 0 Å². The minimum atomic E-state index is 1.28. The van der Waals surface area contributed by atoms with Crippen LogP contribution in [0.25, 0.3) is 10.8 Å². The molecule has 0 saturated heterocycles. The van der Waals surface area contributed by atoms with E-state index in [0.29, 0.717) is 0 Å². The molecule has 0 N–H and O–H groups in total. The predicted octanol–water partition coefficient (Wildman–Crippen LogP) is 2.36. The van der Waals surface area contributed by atoms with Gasteiger partial charge in [0.15, 0.2) is 0 Å². The smallest absolute Gasteiger partial charge is 0.0829 e. The highest BCUT2D eigenvalue weighted by atomic mass is 13.9. The molecular formula is C9H6-2. The molecule has 0 atom stereocenters. The van der Waals surface area contributed by atoms with Gasteiger partial charge in [-0.15, -0.1) is 12.1 Å². The van der Waals surface area contributed by atoms with Crippen LogP contribution in [0, 0.1) is 6.07 Å². The van der Waals surface area contributed by atoms with Crippen molar-refractivity contribution in [1.82, 2.24) is 0 Å². The van der Waals surface area contributed by atoms with Gasteiger partial charge in [0.2, 0.25) is 0 Å². The average Bonchev–Trinajstić information content (AvgIpc) is 2.33. The first-order valence-corrected chi connectivity index (χ1v) is 2.98. The van der Waals surface area contributed by atoms with Crippen LogP contribution in [-0.2, 0) is 0 Å². The lowest BCUT2D eigenvalue weighted by atomic mass is 10.2. The van der Waals surface area contributed by atoms with Crippen molar-refractivity contribution in [3.05, 3.63) is 42.5 Å². The van der Waals surface area contributed by atoms with Gasteiger partial charge in [-0.05, 0) is 0 Å². The zero-order chi connectivity index (χ0) is 6.10. The van der Waals surface area contributed by atoms with Gasteiger partial charge in [-0.3, -0.25) is 12.1 Å². The fourth-order valence-corrected chi connectivity index (χ4v) is 0.995. The molecule has 0 saturated carbocycles. The number of hydrogen-bond acceptors (Lipinski definition) is 0. The molecule has 0 heteroatoms. The molecule has 0 radical (unpaired) electrons. The lowest BCUT2D eigenvalue weighted by Gasteiger charge is -1.98. The zero-order valence-electron chi connectivity index (χ0n) is 4.96. The Labute approximate surface area is 54.1 Å². The van der Waals surface area contributed by atoms with Crippen LogP contribution in [0.2, 0.25) is 0 Å². The third kappa shape index (κ3) is 0.636. The van der Waals surface area contributed by atoms with Crippen molar-refractivity contribution in [2.45, 2.75) is 0 Å². The molecule has 44 valence electrons. The van der Waals surface area contributed by atoms with E-state index in [4.69, 9.17) is 0 Å². The molecule has 0 amide bonds. The predicted molar refractivity (Wildman–Crippen MR) is 38.4 cm³/mol. The summed E-state index contributed by atoms with van der Waals surface area (Å²) in [5.41, 5.74) is 0. The highest BCUT2D eigenvalue weighted by Crippen LogP contribution is 2.12. The van der Waals surface area contributed by atoms with Crippen LogP contribution >= 0.6 is 0 Å². The van der Waals surface area contributed by atoms with Crippen molar-refractivity contribution in [3.8, 4) is 0 Å². The molecule has 0 aliphatic heterocycles. The van der Waals surface area contributed by atoms with Gasteiger partial charge in [0.1, 0.15) is 0 Å². The van der Waals surface area contributed by atoms with E-state index in [9.17, 15) is 0 Å². The van der Waals surface area contributed by atoms with Gasteiger partial charge in [-0.25, -0.2) is 16.8 Å². The van der Waals surface area contributed by atoms with E-state index in [1.54, 1.807) is 0 Å². The van der Waals surface area contributed by atoms with Gasteiger partial charge < -0.3 is 0 Å². The van der Waals surface area contributed by atoms with Crippen molar-refractivity contribution in [1.29, 1.82) is 0 Å². The van der Waals surface area contributed by atoms with E-state index >= 15 is 0 Å². The van der Waals surface area contributed by atoms with Crippen molar-refractivity contribution >= 4 is 10.8 Å². The van der Waals surface area contributed by atoms with Gasteiger partial charge in [-0.2, -0.15) is 6.07 Å². The molecule has 2 aromatic rings. The van der Waals surface area contributed by atoms with Crippen molar-refractivity contribution in [2.75, 3.05) is 0 Å². The van der Waals surface area contributed by atoms with Crippen molar-refractivity contribution < 1.29 is 0 Å². The van der Waals surface area contributed by atoms with E-state index in [1.807, 2.05) is 24.3 Å². The Morgan fingerprint density at radius 2 is 2.11 bits per heavy atom. The van der Waals surface area contributed by atoms with E-state index in [2.05, 4.69) is 18.2 Å². The fraction of sp³-hybridized carbons (Fsp3) is 0. The maximum atomic E-state index is 3.04. The molecule has 0 aliphatic rings. The average molecular weight is 114 g/mol. The van der Waals surface area contributed by atoms with Gasteiger partial charge in [-0.1, -0.05) is 6.07 Å². The Morgan fingerprint density at radius 1 is 1.22 bits per heavy atom. The number of fused-ring (bicyclic) bond motifs is 1. The van der Waals surface area contributed by atoms with E-state index in [0.717, 1.165) is 0 Å². The Balaban J connectivity index is 2.95. The van der Waals surface area contributed by atoms with Crippen LogP contribution in [0.1, 0.15) is 0 Å². The normalized spacial score (nSPS) is 10.2. The van der Waals surface area contributed by atoms with Crippen molar-refractivity contribution in [3.63, 3.8) is 0 Å². The number of hydrogen-bond donors (Lipinski definition) is 0. The molecular weight excluding hydrogens is 108 g/mol. The lowest BCUT2D eigenvalue weighted by molar-refractivity contribution is 1.85. The highest BCUT2D eigenvalue weighted by molar-refractivity contribution is 5.83. The number of rotatable bonds is 0. The summed E-state index contributed by atoms with van der Waals surface area (Å²) >= 11 is 0. The second-order valence-corrected chi connectivity index (χ2v) is 2.08. The Morgan fingerprint density at radius 3 is 3.00 bits per heavy atom. The highest BCUT2D eigenvalue weighted by Gasteiger charge is 1.70. The molecule has 2 rings (SSSR count). The van der Waals surface area contributed by atoms with E-state index in [-0.39, 0.29) is 0 Å². The van der Waals surface area contributed by atoms with Gasteiger partial charge in [0, 0.05) is 0 Å². The van der Waals surface area contributed by atoms with Crippen LogP contribution in [0.15, 0.2) is 36.4 Å². The molecule has 0 fully saturated rings. The van der Waals surface area contributed by atoms with Crippen LogP contribution in [0.5, 0.6) is 0 Å². The molecule has 0 bridgehead atoms. The van der Waals surface area contributed by atoms with Gasteiger partial charge in [0.05, 0.1) is 0 Å². The third-order valence-electron chi connectivity index (χ3n) is 1.47. The Hall–Kier alpha value is -1.17. The van der Waals surface area contributed by atoms with Crippen LogP contribution < -0.4 is 0 Å². The summed E-state index contributed by atoms with van der Waals surface area (Å²) in [6.07, 6.45) is 0. The molecule has 0 heterocycles. The van der Waals surface area contributed by atoms with Crippen LogP contribution in [-0.4, -0.2) is 0 Å². The first-order chi connectivity index (χ1) is 4.47. The summed E-state index contributed by atoms with van der Waals surface area (Å²) in [7, 11) is 0. The summed E-state index contributed by atoms with van der Waals surface area (Å²) in [5, 5.41) is 2.55. The van der Waals surface area contributed by atoms with Crippen LogP contribution in [0.4, 0.5) is 0 Å². The SMILES string of the molecule is [c-]1cc2ccccc2[cH-]1. The quantitative estimate of drug-likeness (QED) is 0.461. The molecule has 0 aliphatic carbocycles. The second-order valence-electron chi connectivity index (χ2n) is 2.08. The minimum absolute atomic E-state index is 1.28. The standard InChI is InChI=1S/C9H6/c1-2-5-9-7-3-6-8(9)4-1/h1-2,4-7H/q-2. The number of benzene rings is 1. The maximum Gasteiger partial charge on any atom is -0.0829 e. The summed E-state index contributed by atoms with van der Waals surface area (Å²) < 4.78 is 0. The van der Waals surface area contributed by atoms with Crippen LogP contribution in [0.3, 0.4) is 0 Å². The fourth-order valence-electron chi connectivity index (χ4n) is 0.995. The van der Waals surface area contributed by atoms with E-state index in [1.165, 1.54) is 10.8 Å². The lowest BCUT2D eigenvalue weighted by Crippen LogP contribution is -1.57. The molecule has 0 nitrogen and oxygen atoms in total. The Kier molecular flexibility index (Phi) is 0.863. The minimum Gasteiger partial charge on any atom is -0.282 e. The Bertz CT molecular complexity index is 274. The summed E-state index contributed by atoms with van der Waals surface area (Å²) in [6.45, 7) is 0. The van der Waals surface area contributed by atoms with Gasteiger partial charge >= 0.3 is 0 Å². The largest absolute Gasteiger partial charge is 0.282 e. The molecule has 9 heavy (non-hydrogen) atoms. The first kappa shape index (κ1) is 4.68. The summed E-state index contributed by atoms with van der Waals surface area (Å²) in [6, 6.07) is 15.3. The topological polar surface area (TPSA) is 0 Å². The third-order valence-corrected chi connectivity index (χ3v) is 1.47. The molecule has 0 aromatic heterocycles. The van der Waals surface area contributed by atoms with Crippen molar-refractivity contribution in [2.24, 2.45) is 0 Å². The van der Waals surface area contributed by atoms with E-state index < -0.39 is 0 Å². The summed E-state index contributed by atoms with van der Waals surface area (Å²) in [5.74, 6) is 0. The molecule has 0 spiro atoms. The second kappa shape index (κ2) is 1.66. The summed E-state index contributed by atoms with van der Waals surface area (Å²) in [4.78, 5) is 0. The monoisotopic (exact) mass is 114 g/mol. The first-order valence-electron chi connectivity index (χ1n) is 2.98. The molecule has 2 aromatic carbocycles. The zero-order valence-corrected chi connectivity index (χ0v) is 4.96.